The summed E-state index contributed by atoms with van der Waals surface area (Å²) in [6.07, 6.45) is 5.74. The second-order valence-corrected chi connectivity index (χ2v) is 6.25. The van der Waals surface area contributed by atoms with Crippen molar-refractivity contribution in [2.45, 2.75) is 52.0 Å². The lowest BCUT2D eigenvalue weighted by atomic mass is 9.74. The molecule has 0 spiro atoms. The molecule has 106 valence electrons. The number of amides is 1. The Bertz CT molecular complexity index is 360. The van der Waals surface area contributed by atoms with Gasteiger partial charge in [0.2, 0.25) is 5.91 Å². The highest BCUT2D eigenvalue weighted by Crippen LogP contribution is 2.37. The standard InChI is InChI=1S/C15H25N3O/c1-13(12-16)17-8-10-18(11-9-17)14(19)15(2)6-4-3-5-7-15/h13H,3-11H2,1-2H3. The summed E-state index contributed by atoms with van der Waals surface area (Å²) in [5, 5.41) is 8.93. The molecule has 0 bridgehead atoms. The molecule has 2 aliphatic rings. The molecule has 2 rings (SSSR count). The molecular formula is C15H25N3O. The van der Waals surface area contributed by atoms with Crippen molar-refractivity contribution in [1.82, 2.24) is 9.80 Å². The predicted octanol–water partition coefficient (Wildman–Crippen LogP) is 2.01. The fourth-order valence-corrected chi connectivity index (χ4v) is 3.32. The normalized spacial score (nSPS) is 25.6. The van der Waals surface area contributed by atoms with Crippen molar-refractivity contribution in [2.75, 3.05) is 26.2 Å². The van der Waals surface area contributed by atoms with Crippen molar-refractivity contribution in [2.24, 2.45) is 5.41 Å². The van der Waals surface area contributed by atoms with Gasteiger partial charge in [-0.15, -0.1) is 0 Å². The number of rotatable bonds is 2. The Balaban J connectivity index is 1.90. The van der Waals surface area contributed by atoms with E-state index in [-0.39, 0.29) is 11.5 Å². The lowest BCUT2D eigenvalue weighted by Crippen LogP contribution is -2.54. The minimum atomic E-state index is -0.124. The first-order valence-electron chi connectivity index (χ1n) is 7.50. The Morgan fingerprint density at radius 2 is 1.74 bits per heavy atom. The molecule has 1 saturated heterocycles. The Kier molecular flexibility index (Phi) is 4.46. The SMILES string of the molecule is CC(C#N)N1CCN(C(=O)C2(C)CCCCC2)CC1. The topological polar surface area (TPSA) is 47.3 Å². The Morgan fingerprint density at radius 1 is 1.16 bits per heavy atom. The highest BCUT2D eigenvalue weighted by atomic mass is 16.2. The van der Waals surface area contributed by atoms with Crippen molar-refractivity contribution < 1.29 is 4.79 Å². The molecule has 1 aliphatic heterocycles. The Labute approximate surface area is 116 Å². The highest BCUT2D eigenvalue weighted by molar-refractivity contribution is 5.82. The average molecular weight is 263 g/mol. The molecule has 1 unspecified atom stereocenters. The summed E-state index contributed by atoms with van der Waals surface area (Å²) in [5.41, 5.74) is -0.124. The lowest BCUT2D eigenvalue weighted by molar-refractivity contribution is -0.145. The van der Waals surface area contributed by atoms with Crippen LogP contribution in [0.5, 0.6) is 0 Å². The van der Waals surface area contributed by atoms with Crippen LogP contribution in [0.15, 0.2) is 0 Å². The molecule has 1 saturated carbocycles. The van der Waals surface area contributed by atoms with E-state index in [2.05, 4.69) is 17.9 Å². The zero-order valence-electron chi connectivity index (χ0n) is 12.2. The van der Waals surface area contributed by atoms with E-state index >= 15 is 0 Å². The van der Waals surface area contributed by atoms with Gasteiger partial charge in [-0.25, -0.2) is 0 Å². The van der Waals surface area contributed by atoms with Gasteiger partial charge in [0.05, 0.1) is 12.1 Å². The van der Waals surface area contributed by atoms with E-state index in [0.29, 0.717) is 5.91 Å². The van der Waals surface area contributed by atoms with Crippen LogP contribution in [0.3, 0.4) is 0 Å². The van der Waals surface area contributed by atoms with Crippen LogP contribution >= 0.6 is 0 Å². The maximum Gasteiger partial charge on any atom is 0.228 e. The third-order valence-electron chi connectivity index (χ3n) is 4.81. The molecule has 0 N–H and O–H groups in total. The molecule has 4 nitrogen and oxygen atoms in total. The smallest absolute Gasteiger partial charge is 0.228 e. The van der Waals surface area contributed by atoms with Crippen molar-refractivity contribution in [3.63, 3.8) is 0 Å². The summed E-state index contributed by atoms with van der Waals surface area (Å²) < 4.78 is 0. The highest BCUT2D eigenvalue weighted by Gasteiger charge is 2.38. The van der Waals surface area contributed by atoms with Crippen LogP contribution in [-0.2, 0) is 4.79 Å². The van der Waals surface area contributed by atoms with Crippen LogP contribution in [0.2, 0.25) is 0 Å². The quantitative estimate of drug-likeness (QED) is 0.765. The predicted molar refractivity (Wildman–Crippen MR) is 74.4 cm³/mol. The zero-order valence-corrected chi connectivity index (χ0v) is 12.2. The minimum absolute atomic E-state index is 0.0393. The Hall–Kier alpha value is -1.08. The van der Waals surface area contributed by atoms with E-state index in [1.54, 1.807) is 0 Å². The van der Waals surface area contributed by atoms with Crippen molar-refractivity contribution in [3.8, 4) is 6.07 Å². The van der Waals surface area contributed by atoms with Crippen LogP contribution in [0.25, 0.3) is 0 Å². The van der Waals surface area contributed by atoms with E-state index in [1.807, 2.05) is 11.8 Å². The van der Waals surface area contributed by atoms with Gasteiger partial charge < -0.3 is 4.90 Å². The largest absolute Gasteiger partial charge is 0.340 e. The van der Waals surface area contributed by atoms with E-state index in [1.165, 1.54) is 19.3 Å². The first-order chi connectivity index (χ1) is 9.07. The number of piperazine rings is 1. The van der Waals surface area contributed by atoms with Gasteiger partial charge in [-0.05, 0) is 19.8 Å². The van der Waals surface area contributed by atoms with Crippen molar-refractivity contribution in [3.05, 3.63) is 0 Å². The summed E-state index contributed by atoms with van der Waals surface area (Å²) in [4.78, 5) is 16.8. The second kappa shape index (κ2) is 5.92. The minimum Gasteiger partial charge on any atom is -0.340 e. The molecule has 1 atom stereocenters. The summed E-state index contributed by atoms with van der Waals surface area (Å²) in [5.74, 6) is 0.344. The van der Waals surface area contributed by atoms with Gasteiger partial charge in [-0.1, -0.05) is 26.2 Å². The van der Waals surface area contributed by atoms with Crippen molar-refractivity contribution >= 4 is 5.91 Å². The van der Waals surface area contributed by atoms with Gasteiger partial charge in [0.15, 0.2) is 0 Å². The molecule has 0 radical (unpaired) electrons. The van der Waals surface area contributed by atoms with Crippen LogP contribution in [0, 0.1) is 16.7 Å². The number of nitriles is 1. The Morgan fingerprint density at radius 3 is 2.26 bits per heavy atom. The lowest BCUT2D eigenvalue weighted by Gasteiger charge is -2.41. The molecule has 1 aliphatic carbocycles. The molecule has 1 heterocycles. The molecule has 4 heteroatoms. The van der Waals surface area contributed by atoms with Gasteiger partial charge in [0.25, 0.3) is 0 Å². The summed E-state index contributed by atoms with van der Waals surface area (Å²) in [6, 6.07) is 2.23. The van der Waals surface area contributed by atoms with Gasteiger partial charge in [-0.2, -0.15) is 5.26 Å². The van der Waals surface area contributed by atoms with Crippen LogP contribution in [0.4, 0.5) is 0 Å². The molecule has 0 aromatic rings. The van der Waals surface area contributed by atoms with Crippen molar-refractivity contribution in [1.29, 1.82) is 5.26 Å². The number of nitrogens with zero attached hydrogens (tertiary/aromatic N) is 3. The van der Waals surface area contributed by atoms with E-state index in [0.717, 1.165) is 39.0 Å². The first kappa shape index (κ1) is 14.3. The maximum atomic E-state index is 12.7. The molecule has 19 heavy (non-hydrogen) atoms. The second-order valence-electron chi connectivity index (χ2n) is 6.25. The first-order valence-corrected chi connectivity index (χ1v) is 7.50. The van der Waals surface area contributed by atoms with Crippen LogP contribution < -0.4 is 0 Å². The summed E-state index contributed by atoms with van der Waals surface area (Å²) in [6.45, 7) is 7.28. The molecule has 0 aromatic carbocycles. The van der Waals surface area contributed by atoms with Gasteiger partial charge >= 0.3 is 0 Å². The molecule has 1 amide bonds. The van der Waals surface area contributed by atoms with Gasteiger partial charge in [0, 0.05) is 31.6 Å². The van der Waals surface area contributed by atoms with E-state index in [4.69, 9.17) is 5.26 Å². The van der Waals surface area contributed by atoms with Crippen LogP contribution in [0.1, 0.15) is 46.0 Å². The number of hydrogen-bond donors (Lipinski definition) is 0. The number of carbonyl (C=O) groups excluding carboxylic acids is 1. The third-order valence-corrected chi connectivity index (χ3v) is 4.81. The summed E-state index contributed by atoms with van der Waals surface area (Å²) >= 11 is 0. The molecular weight excluding hydrogens is 238 g/mol. The fourth-order valence-electron chi connectivity index (χ4n) is 3.32. The summed E-state index contributed by atoms with van der Waals surface area (Å²) in [7, 11) is 0. The average Bonchev–Trinajstić information content (AvgIpc) is 2.46. The van der Waals surface area contributed by atoms with Crippen LogP contribution in [-0.4, -0.2) is 47.9 Å². The van der Waals surface area contributed by atoms with Gasteiger partial charge in [-0.3, -0.25) is 9.69 Å². The van der Waals surface area contributed by atoms with E-state index in [9.17, 15) is 4.79 Å². The zero-order chi connectivity index (χ0) is 13.9. The molecule has 0 aromatic heterocycles. The number of carbonyl (C=O) groups is 1. The van der Waals surface area contributed by atoms with Gasteiger partial charge in [0.1, 0.15) is 0 Å². The monoisotopic (exact) mass is 263 g/mol. The number of hydrogen-bond acceptors (Lipinski definition) is 3. The maximum absolute atomic E-state index is 12.7. The molecule has 2 fully saturated rings. The fraction of sp³-hybridized carbons (Fsp3) is 0.867. The third kappa shape index (κ3) is 3.09. The van der Waals surface area contributed by atoms with E-state index < -0.39 is 0 Å².